The SMILES string of the molecule is CCNC(=NCCCc1cccc(Br)c1)N(C)Cc1ncnn1C. The Balaban J connectivity index is 1.88. The van der Waals surface area contributed by atoms with Crippen LogP contribution in [0.15, 0.2) is 40.1 Å². The second-order valence-corrected chi connectivity index (χ2v) is 6.54. The topological polar surface area (TPSA) is 58.3 Å². The first-order chi connectivity index (χ1) is 11.6. The first kappa shape index (κ1) is 18.4. The minimum atomic E-state index is 0.675. The van der Waals surface area contributed by atoms with Crippen LogP contribution in [0.25, 0.3) is 0 Å². The lowest BCUT2D eigenvalue weighted by Crippen LogP contribution is -2.39. The van der Waals surface area contributed by atoms with Gasteiger partial charge in [-0.15, -0.1) is 0 Å². The van der Waals surface area contributed by atoms with Crippen molar-refractivity contribution in [2.75, 3.05) is 20.1 Å². The Morgan fingerprint density at radius 2 is 2.25 bits per heavy atom. The number of guanidine groups is 1. The Kier molecular flexibility index (Phi) is 7.24. The molecule has 0 radical (unpaired) electrons. The van der Waals surface area contributed by atoms with Crippen LogP contribution < -0.4 is 5.32 Å². The van der Waals surface area contributed by atoms with Gasteiger partial charge in [0.05, 0.1) is 6.54 Å². The third-order valence-electron chi connectivity index (χ3n) is 3.65. The van der Waals surface area contributed by atoms with Crippen molar-refractivity contribution in [2.24, 2.45) is 12.0 Å². The Morgan fingerprint density at radius 1 is 1.42 bits per heavy atom. The molecule has 0 aliphatic rings. The number of aliphatic imine (C=N–C) groups is 1. The summed E-state index contributed by atoms with van der Waals surface area (Å²) in [7, 11) is 3.92. The van der Waals surface area contributed by atoms with E-state index in [0.29, 0.717) is 6.54 Å². The normalized spacial score (nSPS) is 11.6. The quantitative estimate of drug-likeness (QED) is 0.446. The monoisotopic (exact) mass is 392 g/mol. The lowest BCUT2D eigenvalue weighted by atomic mass is 10.1. The molecule has 7 heteroatoms. The van der Waals surface area contributed by atoms with Crippen molar-refractivity contribution < 1.29 is 0 Å². The molecule has 0 amide bonds. The van der Waals surface area contributed by atoms with Crippen LogP contribution >= 0.6 is 15.9 Å². The predicted octanol–water partition coefficient (Wildman–Crippen LogP) is 2.61. The van der Waals surface area contributed by atoms with Gasteiger partial charge in [-0.1, -0.05) is 28.1 Å². The van der Waals surface area contributed by atoms with Gasteiger partial charge < -0.3 is 10.2 Å². The first-order valence-corrected chi connectivity index (χ1v) is 8.96. The molecule has 130 valence electrons. The number of hydrogen-bond donors (Lipinski definition) is 1. The molecule has 2 aromatic rings. The molecule has 24 heavy (non-hydrogen) atoms. The summed E-state index contributed by atoms with van der Waals surface area (Å²) in [4.78, 5) is 11.1. The summed E-state index contributed by atoms with van der Waals surface area (Å²) >= 11 is 3.51. The Bertz CT molecular complexity index is 667. The number of benzene rings is 1. The molecule has 0 aliphatic heterocycles. The van der Waals surface area contributed by atoms with Crippen molar-refractivity contribution in [3.8, 4) is 0 Å². The fourth-order valence-electron chi connectivity index (χ4n) is 2.38. The van der Waals surface area contributed by atoms with Crippen molar-refractivity contribution in [3.63, 3.8) is 0 Å². The second-order valence-electron chi connectivity index (χ2n) is 5.63. The van der Waals surface area contributed by atoms with Crippen LogP contribution in [-0.2, 0) is 20.0 Å². The number of aromatic nitrogens is 3. The predicted molar refractivity (Wildman–Crippen MR) is 101 cm³/mol. The molecule has 1 aromatic heterocycles. The summed E-state index contributed by atoms with van der Waals surface area (Å²) in [5.41, 5.74) is 1.33. The molecule has 1 heterocycles. The van der Waals surface area contributed by atoms with Gasteiger partial charge in [0.25, 0.3) is 0 Å². The smallest absolute Gasteiger partial charge is 0.194 e. The average Bonchev–Trinajstić information content (AvgIpc) is 2.95. The fraction of sp³-hybridized carbons (Fsp3) is 0.471. The zero-order valence-corrected chi connectivity index (χ0v) is 16.1. The van der Waals surface area contributed by atoms with Crippen molar-refractivity contribution >= 4 is 21.9 Å². The van der Waals surface area contributed by atoms with Crippen LogP contribution in [0, 0.1) is 0 Å². The highest BCUT2D eigenvalue weighted by Gasteiger charge is 2.09. The van der Waals surface area contributed by atoms with Crippen LogP contribution in [0.4, 0.5) is 0 Å². The largest absolute Gasteiger partial charge is 0.357 e. The standard InChI is InChI=1S/C17H25BrN6/c1-4-19-17(23(2)12-16-21-13-22-24(16)3)20-10-6-8-14-7-5-9-15(18)11-14/h5,7,9,11,13H,4,6,8,10,12H2,1-3H3,(H,19,20). The lowest BCUT2D eigenvalue weighted by molar-refractivity contribution is 0.448. The van der Waals surface area contributed by atoms with E-state index in [1.54, 1.807) is 11.0 Å². The summed E-state index contributed by atoms with van der Waals surface area (Å²) in [6.07, 6.45) is 3.61. The molecule has 1 aromatic carbocycles. The van der Waals surface area contributed by atoms with E-state index in [1.807, 2.05) is 20.2 Å². The van der Waals surface area contributed by atoms with Crippen LogP contribution in [0.1, 0.15) is 24.7 Å². The molecule has 0 saturated carbocycles. The van der Waals surface area contributed by atoms with Crippen molar-refractivity contribution in [2.45, 2.75) is 26.3 Å². The van der Waals surface area contributed by atoms with E-state index in [0.717, 1.165) is 42.2 Å². The van der Waals surface area contributed by atoms with Crippen LogP contribution in [0.3, 0.4) is 0 Å². The van der Waals surface area contributed by atoms with Crippen LogP contribution in [-0.4, -0.2) is 45.8 Å². The van der Waals surface area contributed by atoms with Crippen LogP contribution in [0.2, 0.25) is 0 Å². The number of nitrogens with zero attached hydrogens (tertiary/aromatic N) is 5. The maximum absolute atomic E-state index is 4.72. The summed E-state index contributed by atoms with van der Waals surface area (Å²) in [6, 6.07) is 8.43. The molecule has 0 atom stereocenters. The molecule has 6 nitrogen and oxygen atoms in total. The van der Waals surface area contributed by atoms with Gasteiger partial charge in [-0.2, -0.15) is 5.10 Å². The van der Waals surface area contributed by atoms with E-state index >= 15 is 0 Å². The minimum Gasteiger partial charge on any atom is -0.357 e. The second kappa shape index (κ2) is 9.42. The molecule has 0 aliphatic carbocycles. The molecule has 0 bridgehead atoms. The fourth-order valence-corrected chi connectivity index (χ4v) is 2.83. The highest BCUT2D eigenvalue weighted by Crippen LogP contribution is 2.13. The molecule has 2 rings (SSSR count). The van der Waals surface area contributed by atoms with Crippen molar-refractivity contribution in [1.29, 1.82) is 0 Å². The van der Waals surface area contributed by atoms with E-state index < -0.39 is 0 Å². The van der Waals surface area contributed by atoms with Gasteiger partial charge in [-0.3, -0.25) is 9.67 Å². The molecule has 0 spiro atoms. The molecule has 0 fully saturated rings. The van der Waals surface area contributed by atoms with E-state index in [9.17, 15) is 0 Å². The zero-order chi connectivity index (χ0) is 17.4. The van der Waals surface area contributed by atoms with Gasteiger partial charge in [0.2, 0.25) is 0 Å². The highest BCUT2D eigenvalue weighted by molar-refractivity contribution is 9.10. The van der Waals surface area contributed by atoms with E-state index in [4.69, 9.17) is 4.99 Å². The number of nitrogens with one attached hydrogen (secondary N) is 1. The molecular weight excluding hydrogens is 368 g/mol. The van der Waals surface area contributed by atoms with Gasteiger partial charge in [0, 0.05) is 31.7 Å². The Morgan fingerprint density at radius 3 is 2.92 bits per heavy atom. The Hall–Kier alpha value is -1.89. The maximum Gasteiger partial charge on any atom is 0.194 e. The number of aryl methyl sites for hydroxylation is 2. The van der Waals surface area contributed by atoms with Gasteiger partial charge in [-0.05, 0) is 37.5 Å². The molecule has 1 N–H and O–H groups in total. The molecular formula is C17H25BrN6. The lowest BCUT2D eigenvalue weighted by Gasteiger charge is -2.21. The zero-order valence-electron chi connectivity index (χ0n) is 14.5. The first-order valence-electron chi connectivity index (χ1n) is 8.17. The van der Waals surface area contributed by atoms with Gasteiger partial charge in [0.1, 0.15) is 12.2 Å². The van der Waals surface area contributed by atoms with E-state index in [2.05, 4.69) is 61.4 Å². The summed E-state index contributed by atoms with van der Waals surface area (Å²) in [5, 5.41) is 7.44. The number of halogens is 1. The maximum atomic E-state index is 4.72. The van der Waals surface area contributed by atoms with Gasteiger partial charge in [-0.25, -0.2) is 4.98 Å². The average molecular weight is 393 g/mol. The summed E-state index contributed by atoms with van der Waals surface area (Å²) < 4.78 is 2.91. The third-order valence-corrected chi connectivity index (χ3v) is 4.15. The van der Waals surface area contributed by atoms with E-state index in [-0.39, 0.29) is 0 Å². The summed E-state index contributed by atoms with van der Waals surface area (Å²) in [6.45, 7) is 4.38. The van der Waals surface area contributed by atoms with Crippen LogP contribution in [0.5, 0.6) is 0 Å². The molecule has 0 unspecified atom stereocenters. The highest BCUT2D eigenvalue weighted by atomic mass is 79.9. The molecule has 0 saturated heterocycles. The van der Waals surface area contributed by atoms with Gasteiger partial charge in [0.15, 0.2) is 5.96 Å². The minimum absolute atomic E-state index is 0.675. The van der Waals surface area contributed by atoms with Crippen molar-refractivity contribution in [3.05, 3.63) is 46.5 Å². The third kappa shape index (κ3) is 5.63. The number of rotatable bonds is 7. The Labute approximate surface area is 152 Å². The van der Waals surface area contributed by atoms with Gasteiger partial charge >= 0.3 is 0 Å². The van der Waals surface area contributed by atoms with Crippen molar-refractivity contribution in [1.82, 2.24) is 25.0 Å². The number of hydrogen-bond acceptors (Lipinski definition) is 3. The summed E-state index contributed by atoms with van der Waals surface area (Å²) in [5.74, 6) is 1.81. The van der Waals surface area contributed by atoms with E-state index in [1.165, 1.54) is 5.56 Å².